The molecule has 2 heterocycles. The van der Waals surface area contributed by atoms with E-state index in [2.05, 4.69) is 5.10 Å². The van der Waals surface area contributed by atoms with Gasteiger partial charge in [0.15, 0.2) is 0 Å². The molecule has 1 aliphatic rings. The van der Waals surface area contributed by atoms with Crippen LogP contribution in [0.1, 0.15) is 11.4 Å². The van der Waals surface area contributed by atoms with E-state index in [1.807, 2.05) is 0 Å². The topological polar surface area (TPSA) is 72.3 Å². The van der Waals surface area contributed by atoms with Crippen LogP contribution >= 0.6 is 11.6 Å². The molecule has 20 heavy (non-hydrogen) atoms. The summed E-state index contributed by atoms with van der Waals surface area (Å²) in [5, 5.41) is 4.24. The van der Waals surface area contributed by atoms with Crippen LogP contribution in [-0.2, 0) is 27.4 Å². The Hall–Kier alpha value is -0.440. The zero-order valence-electron chi connectivity index (χ0n) is 11.5. The van der Waals surface area contributed by atoms with Gasteiger partial charge in [-0.2, -0.15) is 9.40 Å². The molecule has 1 fully saturated rings. The molecule has 1 saturated heterocycles. The van der Waals surface area contributed by atoms with Crippen molar-refractivity contribution in [3.8, 4) is 0 Å². The van der Waals surface area contributed by atoms with Gasteiger partial charge in [0, 0.05) is 41.3 Å². The standard InChI is InChI=1S/C11H18ClN3O3S2/c1-9-11(10(2)15(13-9)4-3-12)20(17,18)14-5-7-19(16)8-6-14/h3-8H2,1-2H3. The first-order valence-electron chi connectivity index (χ1n) is 6.33. The fourth-order valence-corrected chi connectivity index (χ4v) is 5.60. The molecular weight excluding hydrogens is 322 g/mol. The van der Waals surface area contributed by atoms with Crippen LogP contribution in [-0.4, -0.2) is 57.2 Å². The molecule has 114 valence electrons. The monoisotopic (exact) mass is 339 g/mol. The summed E-state index contributed by atoms with van der Waals surface area (Å²) in [7, 11) is -4.48. The van der Waals surface area contributed by atoms with Crippen molar-refractivity contribution < 1.29 is 12.6 Å². The van der Waals surface area contributed by atoms with Gasteiger partial charge in [0.2, 0.25) is 10.0 Å². The minimum absolute atomic E-state index is 0.260. The van der Waals surface area contributed by atoms with Gasteiger partial charge >= 0.3 is 0 Å². The second-order valence-corrected chi connectivity index (χ2v) is 8.61. The lowest BCUT2D eigenvalue weighted by Crippen LogP contribution is -2.42. The van der Waals surface area contributed by atoms with Gasteiger partial charge in [0.05, 0.1) is 17.9 Å². The van der Waals surface area contributed by atoms with Crippen LogP contribution < -0.4 is 0 Å². The molecule has 0 aliphatic carbocycles. The Balaban J connectivity index is 2.37. The van der Waals surface area contributed by atoms with Crippen LogP contribution in [0.4, 0.5) is 0 Å². The lowest BCUT2D eigenvalue weighted by atomic mass is 10.4. The summed E-state index contributed by atoms with van der Waals surface area (Å²) in [4.78, 5) is 0.260. The van der Waals surface area contributed by atoms with Gasteiger partial charge in [0.25, 0.3) is 0 Å². The predicted octanol–water partition coefficient (Wildman–Crippen LogP) is 0.492. The van der Waals surface area contributed by atoms with Crippen LogP contribution in [0.5, 0.6) is 0 Å². The largest absolute Gasteiger partial charge is 0.267 e. The van der Waals surface area contributed by atoms with Crippen LogP contribution in [0.2, 0.25) is 0 Å². The molecule has 0 atom stereocenters. The van der Waals surface area contributed by atoms with E-state index < -0.39 is 20.8 Å². The molecule has 1 aromatic heterocycles. The molecule has 0 aromatic carbocycles. The molecule has 0 spiro atoms. The van der Waals surface area contributed by atoms with E-state index in [4.69, 9.17) is 11.6 Å². The summed E-state index contributed by atoms with van der Waals surface area (Å²) in [5.41, 5.74) is 1.09. The molecule has 1 aliphatic heterocycles. The highest BCUT2D eigenvalue weighted by Gasteiger charge is 2.32. The zero-order valence-corrected chi connectivity index (χ0v) is 13.9. The average molecular weight is 340 g/mol. The van der Waals surface area contributed by atoms with E-state index in [1.54, 1.807) is 18.5 Å². The minimum atomic E-state index is -3.57. The maximum Gasteiger partial charge on any atom is 0.246 e. The fourth-order valence-electron chi connectivity index (χ4n) is 2.34. The second kappa shape index (κ2) is 6.13. The quantitative estimate of drug-likeness (QED) is 0.748. The molecule has 0 saturated carbocycles. The molecule has 0 radical (unpaired) electrons. The lowest BCUT2D eigenvalue weighted by molar-refractivity contribution is 0.438. The van der Waals surface area contributed by atoms with E-state index in [-0.39, 0.29) is 4.90 Å². The van der Waals surface area contributed by atoms with Crippen molar-refractivity contribution in [2.24, 2.45) is 0 Å². The van der Waals surface area contributed by atoms with Crippen LogP contribution in [0, 0.1) is 13.8 Å². The van der Waals surface area contributed by atoms with Gasteiger partial charge < -0.3 is 0 Å². The highest BCUT2D eigenvalue weighted by Crippen LogP contribution is 2.24. The number of rotatable bonds is 4. The van der Waals surface area contributed by atoms with Gasteiger partial charge in [-0.3, -0.25) is 8.89 Å². The number of aromatic nitrogens is 2. The van der Waals surface area contributed by atoms with Crippen molar-refractivity contribution in [3.05, 3.63) is 11.4 Å². The van der Waals surface area contributed by atoms with Crippen molar-refractivity contribution >= 4 is 32.4 Å². The normalized spacial score (nSPS) is 18.6. The summed E-state index contributed by atoms with van der Waals surface area (Å²) in [6.45, 7) is 4.50. The Kier molecular flexibility index (Phi) is 4.88. The number of sulfonamides is 1. The summed E-state index contributed by atoms with van der Waals surface area (Å²) in [6.07, 6.45) is 0. The number of halogens is 1. The van der Waals surface area contributed by atoms with Crippen molar-refractivity contribution in [1.29, 1.82) is 0 Å². The Morgan fingerprint density at radius 2 is 1.90 bits per heavy atom. The second-order valence-electron chi connectivity index (χ2n) is 4.66. The van der Waals surface area contributed by atoms with Gasteiger partial charge in [-0.05, 0) is 13.8 Å². The third-order valence-corrected chi connectivity index (χ3v) is 6.94. The fraction of sp³-hybridized carbons (Fsp3) is 0.727. The molecule has 2 rings (SSSR count). The summed E-state index contributed by atoms with van der Waals surface area (Å²) in [6, 6.07) is 0. The molecule has 9 heteroatoms. The first kappa shape index (κ1) is 15.9. The van der Waals surface area contributed by atoms with Crippen molar-refractivity contribution in [3.63, 3.8) is 0 Å². The third kappa shape index (κ3) is 2.93. The van der Waals surface area contributed by atoms with Gasteiger partial charge in [-0.15, -0.1) is 11.6 Å². The predicted molar refractivity (Wildman–Crippen MR) is 79.1 cm³/mol. The average Bonchev–Trinajstić information content (AvgIpc) is 2.66. The summed E-state index contributed by atoms with van der Waals surface area (Å²) in [5.74, 6) is 1.17. The number of hydrogen-bond donors (Lipinski definition) is 0. The molecule has 6 nitrogen and oxygen atoms in total. The molecule has 0 unspecified atom stereocenters. The Morgan fingerprint density at radius 3 is 2.45 bits per heavy atom. The lowest BCUT2D eigenvalue weighted by Gasteiger charge is -2.25. The maximum absolute atomic E-state index is 12.7. The van der Waals surface area contributed by atoms with E-state index in [9.17, 15) is 12.6 Å². The molecular formula is C11H18ClN3O3S2. The molecule has 0 N–H and O–H groups in total. The minimum Gasteiger partial charge on any atom is -0.267 e. The zero-order chi connectivity index (χ0) is 14.9. The van der Waals surface area contributed by atoms with Crippen molar-refractivity contribution in [1.82, 2.24) is 14.1 Å². The summed E-state index contributed by atoms with van der Waals surface area (Å²) < 4.78 is 39.8. The maximum atomic E-state index is 12.7. The molecule has 1 aromatic rings. The molecule has 0 amide bonds. The smallest absolute Gasteiger partial charge is 0.246 e. The number of alkyl halides is 1. The SMILES string of the molecule is Cc1nn(CCCl)c(C)c1S(=O)(=O)N1CCS(=O)CC1. The number of nitrogens with zero attached hydrogens (tertiary/aromatic N) is 3. The highest BCUT2D eigenvalue weighted by atomic mass is 35.5. The van der Waals surface area contributed by atoms with Crippen molar-refractivity contribution in [2.45, 2.75) is 25.3 Å². The molecule has 0 bridgehead atoms. The number of hydrogen-bond acceptors (Lipinski definition) is 4. The van der Waals surface area contributed by atoms with E-state index >= 15 is 0 Å². The number of aryl methyl sites for hydroxylation is 2. The van der Waals surface area contributed by atoms with Crippen LogP contribution in [0.15, 0.2) is 4.90 Å². The van der Waals surface area contributed by atoms with E-state index in [0.29, 0.717) is 48.4 Å². The van der Waals surface area contributed by atoms with Crippen LogP contribution in [0.3, 0.4) is 0 Å². The van der Waals surface area contributed by atoms with Crippen LogP contribution in [0.25, 0.3) is 0 Å². The van der Waals surface area contributed by atoms with Crippen molar-refractivity contribution in [2.75, 3.05) is 30.5 Å². The first-order valence-corrected chi connectivity index (χ1v) is 9.79. The van der Waals surface area contributed by atoms with Gasteiger partial charge in [-0.25, -0.2) is 8.42 Å². The van der Waals surface area contributed by atoms with Gasteiger partial charge in [-0.1, -0.05) is 0 Å². The first-order chi connectivity index (χ1) is 9.37. The Labute approximate surface area is 126 Å². The Bertz CT molecular complexity index is 617. The van der Waals surface area contributed by atoms with E-state index in [0.717, 1.165) is 0 Å². The summed E-state index contributed by atoms with van der Waals surface area (Å²) >= 11 is 5.69. The highest BCUT2D eigenvalue weighted by molar-refractivity contribution is 7.89. The third-order valence-electron chi connectivity index (χ3n) is 3.35. The van der Waals surface area contributed by atoms with E-state index in [1.165, 1.54) is 4.31 Å². The van der Waals surface area contributed by atoms with Gasteiger partial charge in [0.1, 0.15) is 4.90 Å². The Morgan fingerprint density at radius 1 is 1.30 bits per heavy atom.